The first-order chi connectivity index (χ1) is 9.15. The lowest BCUT2D eigenvalue weighted by Gasteiger charge is -2.22. The van der Waals surface area contributed by atoms with E-state index in [-0.39, 0.29) is 0 Å². The average Bonchev–Trinajstić information content (AvgIpc) is 2.43. The number of nitrogens with one attached hydrogen (secondary N) is 1. The zero-order valence-corrected chi connectivity index (χ0v) is 11.6. The van der Waals surface area contributed by atoms with E-state index in [1.54, 1.807) is 0 Å². The predicted molar refractivity (Wildman–Crippen MR) is 79.0 cm³/mol. The van der Waals surface area contributed by atoms with Crippen molar-refractivity contribution in [3.05, 3.63) is 35.9 Å². The number of nitrogens with zero attached hydrogens (tertiary/aromatic N) is 2. The fourth-order valence-corrected chi connectivity index (χ4v) is 2.23. The van der Waals surface area contributed by atoms with Gasteiger partial charge in [0, 0.05) is 11.4 Å². The van der Waals surface area contributed by atoms with Crippen LogP contribution in [0.1, 0.15) is 32.8 Å². The maximum Gasteiger partial charge on any atom is 0.144 e. The number of aromatic nitrogens is 1. The van der Waals surface area contributed by atoms with Crippen molar-refractivity contribution < 1.29 is 0 Å². The van der Waals surface area contributed by atoms with E-state index in [0.717, 1.165) is 17.3 Å². The molecule has 0 fully saturated rings. The normalized spacial score (nSPS) is 12.4. The number of rotatable bonds is 4. The molecule has 1 N–H and O–H groups in total. The van der Waals surface area contributed by atoms with E-state index in [4.69, 9.17) is 0 Å². The predicted octanol–water partition coefficient (Wildman–Crippen LogP) is 3.95. The molecular formula is C16H19N3. The Kier molecular flexibility index (Phi) is 4.01. The van der Waals surface area contributed by atoms with Crippen LogP contribution >= 0.6 is 0 Å². The summed E-state index contributed by atoms with van der Waals surface area (Å²) in [5, 5.41) is 13.7. The molecule has 2 aromatic rings. The van der Waals surface area contributed by atoms with Crippen LogP contribution in [0.4, 0.5) is 5.82 Å². The van der Waals surface area contributed by atoms with Gasteiger partial charge in [0.1, 0.15) is 11.9 Å². The van der Waals surface area contributed by atoms with Gasteiger partial charge in [-0.15, -0.1) is 0 Å². The van der Waals surface area contributed by atoms with Gasteiger partial charge < -0.3 is 5.32 Å². The Morgan fingerprint density at radius 2 is 2.05 bits per heavy atom. The van der Waals surface area contributed by atoms with Gasteiger partial charge in [-0.1, -0.05) is 39.0 Å². The number of benzene rings is 1. The molecule has 0 bridgehead atoms. The fraction of sp³-hybridized carbons (Fsp3) is 0.375. The third kappa shape index (κ3) is 2.85. The largest absolute Gasteiger partial charge is 0.366 e. The molecule has 0 aliphatic heterocycles. The highest BCUT2D eigenvalue weighted by molar-refractivity contribution is 5.82. The molecule has 1 unspecified atom stereocenters. The van der Waals surface area contributed by atoms with Gasteiger partial charge in [0.25, 0.3) is 0 Å². The Morgan fingerprint density at radius 3 is 2.68 bits per heavy atom. The van der Waals surface area contributed by atoms with Crippen molar-refractivity contribution >= 4 is 16.7 Å². The third-order valence-electron chi connectivity index (χ3n) is 3.41. The number of fused-ring (bicyclic) bond motifs is 1. The molecule has 1 aromatic carbocycles. The van der Waals surface area contributed by atoms with Crippen LogP contribution in [-0.2, 0) is 0 Å². The molecule has 1 aromatic heterocycles. The van der Waals surface area contributed by atoms with Gasteiger partial charge in [0.15, 0.2) is 0 Å². The van der Waals surface area contributed by atoms with Crippen LogP contribution < -0.4 is 5.32 Å². The van der Waals surface area contributed by atoms with Crippen LogP contribution in [0.3, 0.4) is 0 Å². The van der Waals surface area contributed by atoms with Gasteiger partial charge in [0.05, 0.1) is 11.1 Å². The molecule has 0 spiro atoms. The summed E-state index contributed by atoms with van der Waals surface area (Å²) in [5.41, 5.74) is 1.53. The Bertz CT molecular complexity index is 611. The van der Waals surface area contributed by atoms with Crippen LogP contribution in [0.15, 0.2) is 30.3 Å². The first-order valence-corrected chi connectivity index (χ1v) is 6.72. The van der Waals surface area contributed by atoms with Gasteiger partial charge in [-0.05, 0) is 24.5 Å². The summed E-state index contributed by atoms with van der Waals surface area (Å²) in [5.74, 6) is 1.20. The van der Waals surface area contributed by atoms with E-state index in [9.17, 15) is 5.26 Å². The smallest absolute Gasteiger partial charge is 0.144 e. The second-order valence-electron chi connectivity index (χ2n) is 5.09. The van der Waals surface area contributed by atoms with Crippen LogP contribution in [0.5, 0.6) is 0 Å². The van der Waals surface area contributed by atoms with Crippen LogP contribution in [0, 0.1) is 17.2 Å². The van der Waals surface area contributed by atoms with Crippen LogP contribution in [-0.4, -0.2) is 11.0 Å². The summed E-state index contributed by atoms with van der Waals surface area (Å²) in [4.78, 5) is 4.58. The molecule has 19 heavy (non-hydrogen) atoms. The summed E-state index contributed by atoms with van der Waals surface area (Å²) in [7, 11) is 0. The molecule has 3 nitrogen and oxygen atoms in total. The van der Waals surface area contributed by atoms with Crippen molar-refractivity contribution in [1.29, 1.82) is 5.26 Å². The highest BCUT2D eigenvalue weighted by Gasteiger charge is 2.14. The molecule has 0 saturated heterocycles. The molecule has 0 aliphatic carbocycles. The molecule has 0 aliphatic rings. The van der Waals surface area contributed by atoms with Gasteiger partial charge in [-0.2, -0.15) is 5.26 Å². The fourth-order valence-electron chi connectivity index (χ4n) is 2.23. The number of hydrogen-bond acceptors (Lipinski definition) is 3. The SMILES string of the molecule is CCC(Nc1nc2ccccc2cc1C#N)C(C)C. The summed E-state index contributed by atoms with van der Waals surface area (Å²) >= 11 is 0. The van der Waals surface area contributed by atoms with Crippen molar-refractivity contribution in [3.63, 3.8) is 0 Å². The Hall–Kier alpha value is -2.08. The first kappa shape index (κ1) is 13.4. The van der Waals surface area contributed by atoms with E-state index >= 15 is 0 Å². The molecule has 1 atom stereocenters. The summed E-state index contributed by atoms with van der Waals surface area (Å²) in [6.45, 7) is 6.49. The topological polar surface area (TPSA) is 48.7 Å². The van der Waals surface area contributed by atoms with E-state index in [2.05, 4.69) is 37.1 Å². The third-order valence-corrected chi connectivity index (χ3v) is 3.41. The molecular weight excluding hydrogens is 234 g/mol. The lowest BCUT2D eigenvalue weighted by Crippen LogP contribution is -2.25. The number of pyridine rings is 1. The standard InChI is InChI=1S/C16H19N3/c1-4-14(11(2)3)18-16-13(10-17)9-12-7-5-6-8-15(12)19-16/h5-9,11,14H,4H2,1-3H3,(H,18,19). The quantitative estimate of drug-likeness (QED) is 0.897. The minimum Gasteiger partial charge on any atom is -0.366 e. The maximum atomic E-state index is 9.27. The lowest BCUT2D eigenvalue weighted by molar-refractivity contribution is 0.510. The lowest BCUT2D eigenvalue weighted by atomic mass is 10.0. The van der Waals surface area contributed by atoms with Crippen LogP contribution in [0.2, 0.25) is 0 Å². The van der Waals surface area contributed by atoms with Crippen molar-refractivity contribution in [2.45, 2.75) is 33.2 Å². The van der Waals surface area contributed by atoms with Gasteiger partial charge >= 0.3 is 0 Å². The maximum absolute atomic E-state index is 9.27. The summed E-state index contributed by atoms with van der Waals surface area (Å²) in [6, 6.07) is 12.3. The number of nitriles is 1. The molecule has 0 amide bonds. The molecule has 0 saturated carbocycles. The van der Waals surface area contributed by atoms with Crippen molar-refractivity contribution in [1.82, 2.24) is 4.98 Å². The number of anilines is 1. The molecule has 2 rings (SSSR count). The average molecular weight is 253 g/mol. The van der Waals surface area contributed by atoms with E-state index in [0.29, 0.717) is 23.3 Å². The zero-order valence-electron chi connectivity index (χ0n) is 11.6. The van der Waals surface area contributed by atoms with E-state index < -0.39 is 0 Å². The van der Waals surface area contributed by atoms with Gasteiger partial charge in [-0.3, -0.25) is 0 Å². The molecule has 0 radical (unpaired) electrons. The Morgan fingerprint density at radius 1 is 1.32 bits per heavy atom. The van der Waals surface area contributed by atoms with Crippen LogP contribution in [0.25, 0.3) is 10.9 Å². The first-order valence-electron chi connectivity index (χ1n) is 6.72. The van der Waals surface area contributed by atoms with Crippen molar-refractivity contribution in [2.75, 3.05) is 5.32 Å². The Balaban J connectivity index is 2.44. The van der Waals surface area contributed by atoms with Crippen molar-refractivity contribution in [2.24, 2.45) is 5.92 Å². The highest BCUT2D eigenvalue weighted by atomic mass is 15.0. The number of hydrogen-bond donors (Lipinski definition) is 1. The molecule has 1 heterocycles. The Labute approximate surface area is 114 Å². The molecule has 98 valence electrons. The van der Waals surface area contributed by atoms with E-state index in [1.807, 2.05) is 30.3 Å². The summed E-state index contributed by atoms with van der Waals surface area (Å²) in [6.07, 6.45) is 1.01. The number of para-hydroxylation sites is 1. The summed E-state index contributed by atoms with van der Waals surface area (Å²) < 4.78 is 0. The zero-order chi connectivity index (χ0) is 13.8. The monoisotopic (exact) mass is 253 g/mol. The molecule has 3 heteroatoms. The van der Waals surface area contributed by atoms with Gasteiger partial charge in [-0.25, -0.2) is 4.98 Å². The van der Waals surface area contributed by atoms with E-state index in [1.165, 1.54) is 0 Å². The second-order valence-corrected chi connectivity index (χ2v) is 5.09. The second kappa shape index (κ2) is 5.71. The minimum absolute atomic E-state index is 0.334. The van der Waals surface area contributed by atoms with Gasteiger partial charge in [0.2, 0.25) is 0 Å². The minimum atomic E-state index is 0.334. The van der Waals surface area contributed by atoms with Crippen molar-refractivity contribution in [3.8, 4) is 6.07 Å². The highest BCUT2D eigenvalue weighted by Crippen LogP contribution is 2.22.